The van der Waals surface area contributed by atoms with Crippen LogP contribution in [-0.4, -0.2) is 42.9 Å². The number of aryl methyl sites for hydroxylation is 1. The third-order valence-electron chi connectivity index (χ3n) is 6.61. The topological polar surface area (TPSA) is 106 Å². The number of allylic oxidation sites excluding steroid dienone is 1. The molecule has 0 radical (unpaired) electrons. The number of nitrogens with zero attached hydrogens (tertiary/aromatic N) is 5. The Hall–Kier alpha value is -4.63. The Bertz CT molecular complexity index is 1650. The summed E-state index contributed by atoms with van der Waals surface area (Å²) >= 11 is 0. The lowest BCUT2D eigenvalue weighted by Gasteiger charge is -2.13. The van der Waals surface area contributed by atoms with Crippen molar-refractivity contribution < 1.29 is 9.53 Å². The molecule has 3 aromatic heterocycles. The van der Waals surface area contributed by atoms with Crippen LogP contribution in [0.2, 0.25) is 0 Å². The van der Waals surface area contributed by atoms with Crippen LogP contribution in [0.25, 0.3) is 16.6 Å². The molecule has 1 atom stereocenters. The lowest BCUT2D eigenvalue weighted by Crippen LogP contribution is -2.18. The van der Waals surface area contributed by atoms with E-state index in [1.807, 2.05) is 67.7 Å². The molecule has 0 aliphatic carbocycles. The van der Waals surface area contributed by atoms with E-state index in [0.29, 0.717) is 24.0 Å². The fourth-order valence-corrected chi connectivity index (χ4v) is 4.64. The van der Waals surface area contributed by atoms with E-state index in [0.717, 1.165) is 58.5 Å². The number of carbonyl (C=O) groups excluding carboxylic acids is 1. The zero-order valence-corrected chi connectivity index (χ0v) is 21.0. The Balaban J connectivity index is 1.18. The maximum absolute atomic E-state index is 12.6. The lowest BCUT2D eigenvalue weighted by atomic mass is 10.0. The average molecular weight is 506 g/mol. The van der Waals surface area contributed by atoms with Gasteiger partial charge in [-0.3, -0.25) is 4.79 Å². The summed E-state index contributed by atoms with van der Waals surface area (Å²) in [6.07, 6.45) is 11.1. The van der Waals surface area contributed by atoms with Gasteiger partial charge in [0.25, 0.3) is 0 Å². The second-order valence-corrected chi connectivity index (χ2v) is 9.41. The molecule has 6 rings (SSSR count). The number of benzene rings is 2. The van der Waals surface area contributed by atoms with Gasteiger partial charge in [-0.1, -0.05) is 12.1 Å². The first-order valence-corrected chi connectivity index (χ1v) is 12.6. The Morgan fingerprint density at radius 1 is 1.13 bits per heavy atom. The van der Waals surface area contributed by atoms with E-state index < -0.39 is 0 Å². The van der Waals surface area contributed by atoms with E-state index in [1.54, 1.807) is 10.6 Å². The number of pyridine rings is 1. The van der Waals surface area contributed by atoms with Gasteiger partial charge in [0, 0.05) is 35.8 Å². The van der Waals surface area contributed by atoms with E-state index in [-0.39, 0.29) is 5.78 Å². The molecule has 0 unspecified atom stereocenters. The highest BCUT2D eigenvalue weighted by molar-refractivity contribution is 5.94. The molecular formula is C29H27N7O2. The highest BCUT2D eigenvalue weighted by Gasteiger charge is 2.12. The molecule has 38 heavy (non-hydrogen) atoms. The van der Waals surface area contributed by atoms with Crippen LogP contribution in [0.3, 0.4) is 0 Å². The Kier molecular flexibility index (Phi) is 6.49. The summed E-state index contributed by atoms with van der Waals surface area (Å²) in [5.41, 5.74) is 4.29. The van der Waals surface area contributed by atoms with Crippen molar-refractivity contribution in [3.8, 4) is 11.5 Å². The second-order valence-electron chi connectivity index (χ2n) is 9.41. The van der Waals surface area contributed by atoms with Crippen LogP contribution in [-0.2, 0) is 11.2 Å². The summed E-state index contributed by atoms with van der Waals surface area (Å²) < 4.78 is 7.78. The van der Waals surface area contributed by atoms with Crippen LogP contribution in [0.5, 0.6) is 11.5 Å². The molecule has 9 nitrogen and oxygen atoms in total. The van der Waals surface area contributed by atoms with Gasteiger partial charge in [0.1, 0.15) is 30.0 Å². The van der Waals surface area contributed by atoms with Crippen molar-refractivity contribution in [2.45, 2.75) is 32.2 Å². The summed E-state index contributed by atoms with van der Waals surface area (Å²) in [5, 5.41) is 11.8. The van der Waals surface area contributed by atoms with Crippen LogP contribution >= 0.6 is 0 Å². The number of hydrogen-bond donors (Lipinski definition) is 2. The van der Waals surface area contributed by atoms with E-state index in [1.165, 1.54) is 12.7 Å². The van der Waals surface area contributed by atoms with E-state index in [9.17, 15) is 4.79 Å². The number of carbonyl (C=O) groups is 1. The van der Waals surface area contributed by atoms with E-state index in [2.05, 4.69) is 30.7 Å². The van der Waals surface area contributed by atoms with Gasteiger partial charge in [0.15, 0.2) is 11.4 Å². The van der Waals surface area contributed by atoms with Crippen LogP contribution < -0.4 is 15.4 Å². The Morgan fingerprint density at radius 2 is 2.08 bits per heavy atom. The third kappa shape index (κ3) is 5.23. The Labute approximate surface area is 219 Å². The number of aromatic nitrogens is 5. The molecule has 1 aliphatic rings. The van der Waals surface area contributed by atoms with Crippen molar-refractivity contribution in [3.63, 3.8) is 0 Å². The predicted molar refractivity (Wildman–Crippen MR) is 146 cm³/mol. The molecule has 0 saturated carbocycles. The largest absolute Gasteiger partial charge is 0.457 e. The highest BCUT2D eigenvalue weighted by Crippen LogP contribution is 2.30. The van der Waals surface area contributed by atoms with Crippen molar-refractivity contribution in [2.24, 2.45) is 0 Å². The molecule has 1 saturated heterocycles. The average Bonchev–Trinajstić information content (AvgIpc) is 3.61. The molecule has 0 bridgehead atoms. The van der Waals surface area contributed by atoms with Gasteiger partial charge in [-0.2, -0.15) is 5.10 Å². The summed E-state index contributed by atoms with van der Waals surface area (Å²) in [4.78, 5) is 25.6. The zero-order chi connectivity index (χ0) is 25.9. The van der Waals surface area contributed by atoms with Gasteiger partial charge in [0.05, 0.1) is 5.52 Å². The first-order chi connectivity index (χ1) is 18.6. The summed E-state index contributed by atoms with van der Waals surface area (Å²) in [6.45, 7) is 3.01. The molecule has 1 aliphatic heterocycles. The fraction of sp³-hybridized carbons (Fsp3) is 0.207. The third-order valence-corrected chi connectivity index (χ3v) is 6.61. The van der Waals surface area contributed by atoms with Gasteiger partial charge in [0.2, 0.25) is 0 Å². The van der Waals surface area contributed by atoms with Crippen LogP contribution in [0.15, 0.2) is 79.5 Å². The quantitative estimate of drug-likeness (QED) is 0.286. The number of fused-ring (bicyclic) bond motifs is 2. The molecule has 2 N–H and O–H groups in total. The van der Waals surface area contributed by atoms with Crippen molar-refractivity contribution in [2.75, 3.05) is 11.9 Å². The molecule has 5 aromatic rings. The minimum atomic E-state index is 0.0822. The molecule has 1 fully saturated rings. The molecule has 0 spiro atoms. The monoisotopic (exact) mass is 505 g/mol. The predicted octanol–water partition coefficient (Wildman–Crippen LogP) is 4.94. The molecular weight excluding hydrogens is 478 g/mol. The van der Waals surface area contributed by atoms with Gasteiger partial charge in [-0.05, 0) is 79.9 Å². The maximum Gasteiger partial charge on any atom is 0.159 e. The van der Waals surface area contributed by atoms with Crippen molar-refractivity contribution in [1.29, 1.82) is 0 Å². The minimum Gasteiger partial charge on any atom is -0.457 e. The van der Waals surface area contributed by atoms with Gasteiger partial charge < -0.3 is 15.4 Å². The molecule has 9 heteroatoms. The Morgan fingerprint density at radius 3 is 2.95 bits per heavy atom. The van der Waals surface area contributed by atoms with Gasteiger partial charge in [-0.15, -0.1) is 0 Å². The molecule has 4 heterocycles. The maximum atomic E-state index is 12.6. The number of nitrogens with one attached hydrogen (secondary N) is 2. The number of ether oxygens (including phenoxy) is 1. The lowest BCUT2D eigenvalue weighted by molar-refractivity contribution is -0.114. The second kappa shape index (κ2) is 10.4. The smallest absolute Gasteiger partial charge is 0.159 e. The first-order valence-electron chi connectivity index (χ1n) is 12.6. The number of ketones is 1. The molecule has 2 aromatic carbocycles. The molecule has 0 amide bonds. The standard InChI is InChI=1S/C29H27N7O2/c1-19-13-22(6-9-27(19)38-24-10-12-36-28(16-24)32-18-34-36)35-29-25-15-20(4-8-26(25)31-17-33-29)14-23(37)7-5-21-3-2-11-30-21/h4-10,12-13,15-18,21,30H,2-3,11,14H2,1H3,(H,31,33,35)/b7-5+/t21-/m1/s1. The van der Waals surface area contributed by atoms with Gasteiger partial charge >= 0.3 is 0 Å². The normalized spacial score (nSPS) is 15.4. The van der Waals surface area contributed by atoms with Crippen molar-refractivity contribution in [3.05, 3.63) is 90.7 Å². The first kappa shape index (κ1) is 23.7. The minimum absolute atomic E-state index is 0.0822. The van der Waals surface area contributed by atoms with Crippen LogP contribution in [0.1, 0.15) is 24.0 Å². The van der Waals surface area contributed by atoms with Crippen molar-refractivity contribution >= 4 is 33.8 Å². The summed E-state index contributed by atoms with van der Waals surface area (Å²) in [6, 6.07) is 15.7. The highest BCUT2D eigenvalue weighted by atomic mass is 16.5. The number of hydrogen-bond acceptors (Lipinski definition) is 8. The van der Waals surface area contributed by atoms with E-state index in [4.69, 9.17) is 4.74 Å². The van der Waals surface area contributed by atoms with Crippen LogP contribution in [0, 0.1) is 6.92 Å². The number of rotatable bonds is 8. The fourth-order valence-electron chi connectivity index (χ4n) is 4.64. The van der Waals surface area contributed by atoms with Gasteiger partial charge in [-0.25, -0.2) is 19.5 Å². The summed E-state index contributed by atoms with van der Waals surface area (Å²) in [5.74, 6) is 2.19. The SMILES string of the molecule is Cc1cc(Nc2ncnc3ccc(CC(=O)/C=C/[C@H]4CCCN4)cc23)ccc1Oc1ccn2ncnc2c1. The van der Waals surface area contributed by atoms with E-state index >= 15 is 0 Å². The van der Waals surface area contributed by atoms with Crippen LogP contribution in [0.4, 0.5) is 11.5 Å². The zero-order valence-electron chi connectivity index (χ0n) is 21.0. The summed E-state index contributed by atoms with van der Waals surface area (Å²) in [7, 11) is 0. The number of anilines is 2. The van der Waals surface area contributed by atoms with Crippen molar-refractivity contribution in [1.82, 2.24) is 29.9 Å². The molecule has 190 valence electrons.